The van der Waals surface area contributed by atoms with E-state index in [-0.39, 0.29) is 41.5 Å². The number of benzene rings is 1. The summed E-state index contributed by atoms with van der Waals surface area (Å²) in [6, 6.07) is 3.06. The van der Waals surface area contributed by atoms with Gasteiger partial charge in [0.2, 0.25) is 5.75 Å². The molecule has 1 rings (SSSR count). The van der Waals surface area contributed by atoms with Crippen LogP contribution in [0.2, 0.25) is 0 Å². The maximum Gasteiger partial charge on any atom is 0.342 e. The molecule has 0 spiro atoms. The molecule has 0 heterocycles. The van der Waals surface area contributed by atoms with Gasteiger partial charge in [0.1, 0.15) is 5.56 Å². The van der Waals surface area contributed by atoms with Crippen LogP contribution in [0.4, 0.5) is 0 Å². The fourth-order valence-corrected chi connectivity index (χ4v) is 1.93. The number of carbonyl (C=O) groups is 2. The lowest BCUT2D eigenvalue weighted by Crippen LogP contribution is -2.38. The number of esters is 1. The summed E-state index contributed by atoms with van der Waals surface area (Å²) in [5, 5.41) is 2.76. The first kappa shape index (κ1) is 19.6. The molecule has 0 saturated heterocycles. The van der Waals surface area contributed by atoms with E-state index in [0.29, 0.717) is 5.75 Å². The number of methoxy groups -OCH3 is 3. The molecule has 134 valence electrons. The number of ether oxygens (including phenoxy) is 4. The molecule has 1 atom stereocenters. The van der Waals surface area contributed by atoms with Gasteiger partial charge in [-0.15, -0.1) is 0 Å². The minimum Gasteiger partial charge on any atom is -0.493 e. The van der Waals surface area contributed by atoms with E-state index >= 15 is 0 Å². The molecular weight excluding hydrogens is 314 g/mol. The highest BCUT2D eigenvalue weighted by atomic mass is 16.5. The molecule has 7 heteroatoms. The molecule has 0 aliphatic heterocycles. The molecule has 0 aromatic heterocycles. The van der Waals surface area contributed by atoms with Crippen molar-refractivity contribution in [2.75, 3.05) is 27.9 Å². The third kappa shape index (κ3) is 4.78. The topological polar surface area (TPSA) is 83.1 Å². The normalized spacial score (nSPS) is 11.6. The summed E-state index contributed by atoms with van der Waals surface area (Å²) in [5.41, 5.74) is 0.153. The van der Waals surface area contributed by atoms with Crippen LogP contribution in [0.25, 0.3) is 0 Å². The molecule has 0 radical (unpaired) electrons. The van der Waals surface area contributed by atoms with Gasteiger partial charge < -0.3 is 24.3 Å². The monoisotopic (exact) mass is 339 g/mol. The summed E-state index contributed by atoms with van der Waals surface area (Å²) in [5.74, 6) is 0.152. The summed E-state index contributed by atoms with van der Waals surface area (Å²) in [7, 11) is 4.33. The molecule has 0 aliphatic rings. The number of carbonyl (C=O) groups excluding carboxylic acids is 2. The smallest absolute Gasteiger partial charge is 0.342 e. The van der Waals surface area contributed by atoms with Gasteiger partial charge in [-0.3, -0.25) is 4.79 Å². The van der Waals surface area contributed by atoms with Gasteiger partial charge in [0.05, 0.1) is 21.3 Å². The highest BCUT2D eigenvalue weighted by molar-refractivity contribution is 5.95. The lowest BCUT2D eigenvalue weighted by Gasteiger charge is -2.18. The molecule has 0 fully saturated rings. The predicted octanol–water partition coefficient (Wildman–Crippen LogP) is 2.03. The number of hydrogen-bond donors (Lipinski definition) is 1. The molecule has 1 aromatic carbocycles. The Morgan fingerprint density at radius 2 is 1.62 bits per heavy atom. The molecule has 1 unspecified atom stereocenters. The van der Waals surface area contributed by atoms with Crippen LogP contribution in [0, 0.1) is 5.92 Å². The predicted molar refractivity (Wildman–Crippen MR) is 88.8 cm³/mol. The Hall–Kier alpha value is -2.44. The Labute approximate surface area is 142 Å². The molecule has 7 nitrogen and oxygen atoms in total. The third-order valence-corrected chi connectivity index (χ3v) is 3.65. The Morgan fingerprint density at radius 3 is 2.12 bits per heavy atom. The van der Waals surface area contributed by atoms with E-state index in [1.807, 2.05) is 20.8 Å². The van der Waals surface area contributed by atoms with Crippen LogP contribution in [0.3, 0.4) is 0 Å². The second-order valence-electron chi connectivity index (χ2n) is 5.56. The summed E-state index contributed by atoms with van der Waals surface area (Å²) >= 11 is 0. The summed E-state index contributed by atoms with van der Waals surface area (Å²) < 4.78 is 20.7. The lowest BCUT2D eigenvalue weighted by molar-refractivity contribution is -0.125. The molecule has 0 bridgehead atoms. The van der Waals surface area contributed by atoms with E-state index in [9.17, 15) is 9.59 Å². The van der Waals surface area contributed by atoms with Crippen molar-refractivity contribution in [2.24, 2.45) is 5.92 Å². The summed E-state index contributed by atoms with van der Waals surface area (Å²) in [6.45, 7) is 5.51. The van der Waals surface area contributed by atoms with Gasteiger partial charge in [0.25, 0.3) is 5.91 Å². The van der Waals surface area contributed by atoms with Crippen molar-refractivity contribution in [2.45, 2.75) is 26.8 Å². The fourth-order valence-electron chi connectivity index (χ4n) is 1.93. The zero-order valence-corrected chi connectivity index (χ0v) is 15.0. The van der Waals surface area contributed by atoms with E-state index < -0.39 is 5.97 Å². The van der Waals surface area contributed by atoms with E-state index in [4.69, 9.17) is 18.9 Å². The average molecular weight is 339 g/mol. The fraction of sp³-hybridized carbons (Fsp3) is 0.529. The van der Waals surface area contributed by atoms with E-state index in [1.54, 1.807) is 6.07 Å². The van der Waals surface area contributed by atoms with Crippen molar-refractivity contribution in [1.29, 1.82) is 0 Å². The second kappa shape index (κ2) is 9.00. The van der Waals surface area contributed by atoms with Crippen LogP contribution in [0.1, 0.15) is 31.1 Å². The average Bonchev–Trinajstić information content (AvgIpc) is 2.57. The molecular formula is C17H25NO6. The highest BCUT2D eigenvalue weighted by Crippen LogP contribution is 2.39. The van der Waals surface area contributed by atoms with Gasteiger partial charge in [-0.2, -0.15) is 0 Å². The van der Waals surface area contributed by atoms with Crippen molar-refractivity contribution in [1.82, 2.24) is 5.32 Å². The SMILES string of the molecule is COc1ccc(C(=O)OCC(=O)NC(C)C(C)C)c(OC)c1OC. The van der Waals surface area contributed by atoms with Crippen LogP contribution >= 0.6 is 0 Å². The van der Waals surface area contributed by atoms with Gasteiger partial charge in [-0.25, -0.2) is 4.79 Å². The first-order chi connectivity index (χ1) is 11.3. The standard InChI is InChI=1S/C17H25NO6/c1-10(2)11(3)18-14(19)9-24-17(20)12-7-8-13(21-4)16(23-6)15(12)22-5/h7-8,10-11H,9H2,1-6H3,(H,18,19). The largest absolute Gasteiger partial charge is 0.493 e. The quantitative estimate of drug-likeness (QED) is 0.730. The Morgan fingerprint density at radius 1 is 1.00 bits per heavy atom. The van der Waals surface area contributed by atoms with Crippen LogP contribution in [-0.4, -0.2) is 45.9 Å². The van der Waals surface area contributed by atoms with Crippen molar-refractivity contribution in [3.05, 3.63) is 17.7 Å². The van der Waals surface area contributed by atoms with Crippen LogP contribution in [0.15, 0.2) is 12.1 Å². The van der Waals surface area contributed by atoms with Gasteiger partial charge >= 0.3 is 5.97 Å². The third-order valence-electron chi connectivity index (χ3n) is 3.65. The van der Waals surface area contributed by atoms with E-state index in [2.05, 4.69) is 5.32 Å². The summed E-state index contributed by atoms with van der Waals surface area (Å²) in [4.78, 5) is 24.0. The second-order valence-corrected chi connectivity index (χ2v) is 5.56. The van der Waals surface area contributed by atoms with Gasteiger partial charge in [0.15, 0.2) is 18.1 Å². The minimum atomic E-state index is -0.680. The number of amides is 1. The Bertz CT molecular complexity index is 585. The molecule has 1 aromatic rings. The zero-order chi connectivity index (χ0) is 18.3. The van der Waals surface area contributed by atoms with Crippen molar-refractivity contribution in [3.8, 4) is 17.2 Å². The van der Waals surface area contributed by atoms with Gasteiger partial charge in [-0.05, 0) is 25.0 Å². The zero-order valence-electron chi connectivity index (χ0n) is 15.0. The maximum atomic E-state index is 12.2. The Balaban J connectivity index is 2.83. The first-order valence-electron chi connectivity index (χ1n) is 7.61. The molecule has 0 aliphatic carbocycles. The number of rotatable bonds is 8. The number of nitrogens with one attached hydrogen (secondary N) is 1. The van der Waals surface area contributed by atoms with Gasteiger partial charge in [-0.1, -0.05) is 13.8 Å². The summed E-state index contributed by atoms with van der Waals surface area (Å²) in [6.07, 6.45) is 0. The lowest BCUT2D eigenvalue weighted by atomic mass is 10.1. The molecule has 24 heavy (non-hydrogen) atoms. The van der Waals surface area contributed by atoms with E-state index in [1.165, 1.54) is 27.4 Å². The Kier molecular flexibility index (Phi) is 7.35. The van der Waals surface area contributed by atoms with Gasteiger partial charge in [0, 0.05) is 6.04 Å². The number of hydrogen-bond acceptors (Lipinski definition) is 6. The molecule has 1 amide bonds. The highest BCUT2D eigenvalue weighted by Gasteiger charge is 2.22. The van der Waals surface area contributed by atoms with E-state index in [0.717, 1.165) is 0 Å². The van der Waals surface area contributed by atoms with Crippen LogP contribution in [-0.2, 0) is 9.53 Å². The minimum absolute atomic E-state index is 0.00758. The maximum absolute atomic E-state index is 12.2. The first-order valence-corrected chi connectivity index (χ1v) is 7.61. The van der Waals surface area contributed by atoms with Crippen molar-refractivity contribution < 1.29 is 28.5 Å². The van der Waals surface area contributed by atoms with Crippen LogP contribution in [0.5, 0.6) is 17.2 Å². The van der Waals surface area contributed by atoms with Crippen LogP contribution < -0.4 is 19.5 Å². The van der Waals surface area contributed by atoms with Crippen molar-refractivity contribution in [3.63, 3.8) is 0 Å². The molecule has 0 saturated carbocycles. The molecule has 1 N–H and O–H groups in total. The van der Waals surface area contributed by atoms with Crippen molar-refractivity contribution >= 4 is 11.9 Å².